The van der Waals surface area contributed by atoms with Crippen molar-refractivity contribution in [2.45, 2.75) is 9.79 Å². The summed E-state index contributed by atoms with van der Waals surface area (Å²) in [5.41, 5.74) is 6.88. The molecule has 7 nitrogen and oxygen atoms in total. The average Bonchev–Trinajstić information content (AvgIpc) is 2.63. The minimum absolute atomic E-state index is 0.282. The number of aromatic nitrogens is 2. The molecule has 4 N–H and O–H groups in total. The van der Waals surface area contributed by atoms with E-state index in [-0.39, 0.29) is 4.90 Å². The van der Waals surface area contributed by atoms with Gasteiger partial charge in [-0.05, 0) is 24.3 Å². The zero-order valence-electron chi connectivity index (χ0n) is 13.9. The van der Waals surface area contributed by atoms with E-state index in [1.165, 1.54) is 12.5 Å². The van der Waals surface area contributed by atoms with Crippen LogP contribution in [0.2, 0.25) is 0 Å². The summed E-state index contributed by atoms with van der Waals surface area (Å²) < 4.78 is 33.1. The highest BCUT2D eigenvalue weighted by atomic mass is 32.2. The van der Waals surface area contributed by atoms with Crippen LogP contribution in [0.1, 0.15) is 0 Å². The van der Waals surface area contributed by atoms with E-state index in [9.17, 15) is 12.6 Å². The zero-order chi connectivity index (χ0) is 19.2. The van der Waals surface area contributed by atoms with E-state index < -0.39 is 20.8 Å². The fourth-order valence-electron chi connectivity index (χ4n) is 1.91. The van der Waals surface area contributed by atoms with Crippen molar-refractivity contribution in [1.29, 1.82) is 0 Å². The molecule has 0 spiro atoms. The monoisotopic (exact) mass is 390 g/mol. The van der Waals surface area contributed by atoms with Gasteiger partial charge in [-0.2, -0.15) is 0 Å². The minimum atomic E-state index is -3.16. The van der Waals surface area contributed by atoms with Gasteiger partial charge in [0.25, 0.3) is 0 Å². The van der Waals surface area contributed by atoms with Gasteiger partial charge >= 0.3 is 0 Å². The number of nitrogens with zero attached hydrogens (tertiary/aromatic N) is 2. The molecule has 0 bridgehead atoms. The van der Waals surface area contributed by atoms with E-state index in [0.29, 0.717) is 16.4 Å². The minimum Gasteiger partial charge on any atom is -0.382 e. The molecule has 0 fully saturated rings. The van der Waals surface area contributed by atoms with E-state index in [2.05, 4.69) is 9.97 Å². The quantitative estimate of drug-likeness (QED) is 0.701. The normalized spacial score (nSPS) is 11.9. The van der Waals surface area contributed by atoms with E-state index in [4.69, 9.17) is 10.9 Å². The number of nitrogen functional groups attached to an aromatic ring is 1. The SMILES string of the molecule is CS(=O)(=O)c1ccc(-c2cnc(N)cn2)cc1.NS(=O)c1ccccc1. The second-order valence-corrected chi connectivity index (χ2v) is 8.32. The Morgan fingerprint density at radius 1 is 0.923 bits per heavy atom. The predicted octanol–water partition coefficient (Wildman–Crippen LogP) is 1.80. The topological polar surface area (TPSA) is 129 Å². The number of sulfone groups is 1. The van der Waals surface area contributed by atoms with Gasteiger partial charge in [0.2, 0.25) is 0 Å². The van der Waals surface area contributed by atoms with Crippen LogP contribution in [-0.4, -0.2) is 28.9 Å². The molecule has 1 heterocycles. The Kier molecular flexibility index (Phi) is 6.56. The molecule has 1 aromatic heterocycles. The summed E-state index contributed by atoms with van der Waals surface area (Å²) in [7, 11) is -4.49. The summed E-state index contributed by atoms with van der Waals surface area (Å²) >= 11 is 0. The van der Waals surface area contributed by atoms with Crippen LogP contribution in [0.3, 0.4) is 0 Å². The standard InChI is InChI=1S/C11H11N3O2S.C6H7NOS/c1-17(15,16)9-4-2-8(3-5-9)10-6-14-11(12)7-13-10;7-9(8)6-4-2-1-3-5-6/h2-7H,1H3,(H2,12,14);1-5H,7H2. The molecule has 1 atom stereocenters. The first-order valence-electron chi connectivity index (χ1n) is 7.36. The van der Waals surface area contributed by atoms with Crippen LogP contribution >= 0.6 is 0 Å². The van der Waals surface area contributed by atoms with Gasteiger partial charge < -0.3 is 5.73 Å². The summed E-state index contributed by atoms with van der Waals surface area (Å²) in [4.78, 5) is 8.97. The van der Waals surface area contributed by atoms with Crippen LogP contribution in [0.5, 0.6) is 0 Å². The van der Waals surface area contributed by atoms with Crippen molar-refractivity contribution < 1.29 is 12.6 Å². The molecule has 0 radical (unpaired) electrons. The maximum absolute atomic E-state index is 11.3. The first-order valence-corrected chi connectivity index (χ1v) is 10.5. The maximum Gasteiger partial charge on any atom is 0.175 e. The molecule has 0 saturated carbocycles. The van der Waals surface area contributed by atoms with Gasteiger partial charge in [-0.15, -0.1) is 0 Å². The highest BCUT2D eigenvalue weighted by molar-refractivity contribution is 7.90. The number of anilines is 1. The lowest BCUT2D eigenvalue weighted by molar-refractivity contribution is 0.602. The van der Waals surface area contributed by atoms with Crippen LogP contribution in [0.25, 0.3) is 11.3 Å². The Hall–Kier alpha value is -2.62. The van der Waals surface area contributed by atoms with Crippen molar-refractivity contribution in [3.05, 3.63) is 67.0 Å². The summed E-state index contributed by atoms with van der Waals surface area (Å²) in [6.45, 7) is 0. The Morgan fingerprint density at radius 2 is 1.54 bits per heavy atom. The lowest BCUT2D eigenvalue weighted by Crippen LogP contribution is -2.01. The zero-order valence-corrected chi connectivity index (χ0v) is 15.6. The van der Waals surface area contributed by atoms with Gasteiger partial charge in [0.15, 0.2) is 9.84 Å². The maximum atomic E-state index is 11.3. The van der Waals surface area contributed by atoms with Gasteiger partial charge in [-0.25, -0.2) is 22.7 Å². The molecule has 0 aliphatic carbocycles. The van der Waals surface area contributed by atoms with Crippen molar-refractivity contribution in [1.82, 2.24) is 9.97 Å². The number of nitrogens with two attached hydrogens (primary N) is 2. The molecule has 3 aromatic rings. The molecule has 1 unspecified atom stereocenters. The van der Waals surface area contributed by atoms with Crippen LogP contribution in [0.15, 0.2) is 76.8 Å². The second kappa shape index (κ2) is 8.65. The Labute approximate surface area is 154 Å². The largest absolute Gasteiger partial charge is 0.382 e. The molecule has 136 valence electrons. The molecule has 0 aliphatic heterocycles. The summed E-state index contributed by atoms with van der Waals surface area (Å²) in [6, 6.07) is 15.4. The van der Waals surface area contributed by atoms with Crippen molar-refractivity contribution in [2.75, 3.05) is 12.0 Å². The summed E-state index contributed by atoms with van der Waals surface area (Å²) in [5, 5.41) is 5.09. The fraction of sp³-hybridized carbons (Fsp3) is 0.0588. The number of benzene rings is 2. The van der Waals surface area contributed by atoms with E-state index in [1.807, 2.05) is 6.07 Å². The lowest BCUT2D eigenvalue weighted by atomic mass is 10.2. The molecular formula is C17H18N4O3S2. The van der Waals surface area contributed by atoms with Gasteiger partial charge in [0.05, 0.1) is 27.9 Å². The average molecular weight is 390 g/mol. The van der Waals surface area contributed by atoms with Crippen molar-refractivity contribution in [2.24, 2.45) is 5.14 Å². The van der Waals surface area contributed by atoms with E-state index >= 15 is 0 Å². The highest BCUT2D eigenvalue weighted by Gasteiger charge is 2.07. The third-order valence-corrected chi connectivity index (χ3v) is 5.09. The van der Waals surface area contributed by atoms with Gasteiger partial charge in [-0.3, -0.25) is 4.98 Å². The van der Waals surface area contributed by atoms with Gasteiger partial charge in [0, 0.05) is 11.8 Å². The van der Waals surface area contributed by atoms with Gasteiger partial charge in [-0.1, -0.05) is 30.3 Å². The van der Waals surface area contributed by atoms with Gasteiger partial charge in [0.1, 0.15) is 16.8 Å². The summed E-state index contributed by atoms with van der Waals surface area (Å²) in [5.74, 6) is 0.349. The Morgan fingerprint density at radius 3 is 1.96 bits per heavy atom. The molecule has 0 amide bonds. The molecule has 26 heavy (non-hydrogen) atoms. The number of rotatable bonds is 3. The van der Waals surface area contributed by atoms with Crippen molar-refractivity contribution in [3.63, 3.8) is 0 Å². The third-order valence-electron chi connectivity index (χ3n) is 3.23. The van der Waals surface area contributed by atoms with Crippen LogP contribution in [0.4, 0.5) is 5.82 Å². The smallest absolute Gasteiger partial charge is 0.175 e. The molecule has 0 saturated heterocycles. The first kappa shape index (κ1) is 19.7. The molecule has 3 rings (SSSR count). The van der Waals surface area contributed by atoms with Crippen LogP contribution in [0, 0.1) is 0 Å². The first-order chi connectivity index (χ1) is 12.3. The fourth-order valence-corrected chi connectivity index (χ4v) is 2.97. The summed E-state index contributed by atoms with van der Waals surface area (Å²) in [6.07, 6.45) is 4.18. The van der Waals surface area contributed by atoms with Crippen LogP contribution in [-0.2, 0) is 20.8 Å². The van der Waals surface area contributed by atoms with E-state index in [1.54, 1.807) is 54.7 Å². The predicted molar refractivity (Wildman–Crippen MR) is 102 cm³/mol. The Balaban J connectivity index is 0.000000228. The third kappa shape index (κ3) is 5.73. The highest BCUT2D eigenvalue weighted by Crippen LogP contribution is 2.18. The number of hydrogen-bond acceptors (Lipinski definition) is 6. The lowest BCUT2D eigenvalue weighted by Gasteiger charge is -2.02. The van der Waals surface area contributed by atoms with Crippen molar-refractivity contribution in [3.8, 4) is 11.3 Å². The van der Waals surface area contributed by atoms with Crippen LogP contribution < -0.4 is 10.9 Å². The number of hydrogen-bond donors (Lipinski definition) is 2. The molecular weight excluding hydrogens is 372 g/mol. The molecule has 0 aliphatic rings. The van der Waals surface area contributed by atoms with E-state index in [0.717, 1.165) is 5.56 Å². The Bertz CT molecular complexity index is 975. The van der Waals surface area contributed by atoms with Crippen molar-refractivity contribution >= 4 is 26.6 Å². The molecule has 2 aromatic carbocycles. The second-order valence-electron chi connectivity index (χ2n) is 5.23. The molecule has 9 heteroatoms.